The van der Waals surface area contributed by atoms with E-state index in [0.29, 0.717) is 0 Å². The van der Waals surface area contributed by atoms with E-state index in [4.69, 9.17) is 0 Å². The van der Waals surface area contributed by atoms with E-state index < -0.39 is 117 Å². The molecule has 0 aliphatic carbocycles. The van der Waals surface area contributed by atoms with Gasteiger partial charge in [0.2, 0.25) is 0 Å². The van der Waals surface area contributed by atoms with Crippen molar-refractivity contribution in [3.8, 4) is 0 Å². The van der Waals surface area contributed by atoms with E-state index in [2.05, 4.69) is 0 Å². The molecule has 0 radical (unpaired) electrons. The summed E-state index contributed by atoms with van der Waals surface area (Å²) in [7, 11) is 0. The number of rotatable bonds is 3. The molecule has 181 valence electrons. The second-order valence-corrected chi connectivity index (χ2v) is 9.72. The topological polar surface area (TPSA) is 0 Å². The van der Waals surface area contributed by atoms with Gasteiger partial charge in [0.25, 0.3) is 0 Å². The first kappa shape index (κ1) is 25.9. The van der Waals surface area contributed by atoms with Gasteiger partial charge < -0.3 is 0 Å². The van der Waals surface area contributed by atoms with Crippen LogP contribution in [0.2, 0.25) is 0 Å². The Labute approximate surface area is 183 Å². The summed E-state index contributed by atoms with van der Waals surface area (Å²) in [6.45, 7) is 0. The molecule has 0 spiro atoms. The predicted octanol–water partition coefficient (Wildman–Crippen LogP) is 4.67. The third-order valence-electron chi connectivity index (χ3n) is 4.38. The van der Waals surface area contributed by atoms with Gasteiger partial charge in [0, 0.05) is 0 Å². The maximum absolute atomic E-state index is 14.4. The molecule has 3 rings (SSSR count). The van der Waals surface area contributed by atoms with E-state index in [-0.39, 0.29) is 0 Å². The minimum absolute atomic E-state index is 2.51. The van der Waals surface area contributed by atoms with Gasteiger partial charge in [0.05, 0.1) is 0 Å². The van der Waals surface area contributed by atoms with Crippen LogP contribution in [0.5, 0.6) is 0 Å². The molecule has 0 aliphatic rings. The summed E-state index contributed by atoms with van der Waals surface area (Å²) < 4.78 is 201. The van der Waals surface area contributed by atoms with Gasteiger partial charge >= 0.3 is 183 Å². The summed E-state index contributed by atoms with van der Waals surface area (Å²) in [6.07, 6.45) is 0. The molecule has 0 saturated carbocycles. The Kier molecular flexibility index (Phi) is 6.74. The van der Waals surface area contributed by atoms with Gasteiger partial charge in [-0.2, -0.15) is 0 Å². The van der Waals surface area contributed by atoms with Gasteiger partial charge in [-0.1, -0.05) is 0 Å². The molecule has 0 N–H and O–H groups in total. The minimum atomic E-state index is -6.37. The summed E-state index contributed by atoms with van der Waals surface area (Å²) in [6, 6.07) is 0. The van der Waals surface area contributed by atoms with Crippen molar-refractivity contribution in [2.24, 2.45) is 0 Å². The summed E-state index contributed by atoms with van der Waals surface area (Å²) in [5.41, 5.74) is 0. The maximum atomic E-state index is 14.4. The van der Waals surface area contributed by atoms with Crippen molar-refractivity contribution < 1.29 is 83.7 Å². The van der Waals surface area contributed by atoms with Crippen molar-refractivity contribution >= 4 is 11.6 Å². The van der Waals surface area contributed by atoms with E-state index in [0.717, 1.165) is 0 Å². The Morgan fingerprint density at radius 2 is 0.324 bits per heavy atom. The first-order valence-corrected chi connectivity index (χ1v) is 10.4. The Morgan fingerprint density at radius 1 is 0.206 bits per heavy atom. The Bertz CT molecular complexity index is 1110. The van der Waals surface area contributed by atoms with Crippen LogP contribution in [0.25, 0.3) is 0 Å². The molecule has 3 aromatic carbocycles. The SMILES string of the molecule is Fc1c(F)c(F)[c]([Ti]([c]2c(F)c(F)c(F)c(F)c2F)[c]2c(F)c(F)c(F)c(F)c2F)c(F)c1F. The molecule has 3 aromatic rings. The van der Waals surface area contributed by atoms with Crippen LogP contribution >= 0.6 is 0 Å². The van der Waals surface area contributed by atoms with Gasteiger partial charge in [0.15, 0.2) is 0 Å². The molecule has 16 heteroatoms. The molecular formula is C18F15Ti. The molecule has 0 bridgehead atoms. The molecular weight excluding hydrogens is 549 g/mol. The van der Waals surface area contributed by atoms with Crippen LogP contribution in [-0.2, 0) is 17.9 Å². The normalized spacial score (nSPS) is 11.4. The van der Waals surface area contributed by atoms with Crippen molar-refractivity contribution in [2.45, 2.75) is 0 Å². The van der Waals surface area contributed by atoms with Crippen molar-refractivity contribution in [3.05, 3.63) is 87.3 Å². The molecule has 0 heterocycles. The van der Waals surface area contributed by atoms with E-state index in [1.54, 1.807) is 0 Å². The van der Waals surface area contributed by atoms with Crippen molar-refractivity contribution in [3.63, 3.8) is 0 Å². The van der Waals surface area contributed by atoms with E-state index >= 15 is 0 Å². The van der Waals surface area contributed by atoms with Gasteiger partial charge in [-0.15, -0.1) is 0 Å². The van der Waals surface area contributed by atoms with Crippen LogP contribution in [0.3, 0.4) is 0 Å². The zero-order valence-electron chi connectivity index (χ0n) is 15.2. The van der Waals surface area contributed by atoms with Crippen LogP contribution in [0, 0.1) is 87.3 Å². The van der Waals surface area contributed by atoms with E-state index in [9.17, 15) is 65.9 Å². The monoisotopic (exact) mass is 549 g/mol. The number of benzene rings is 3. The zero-order chi connectivity index (χ0) is 26.0. The first-order valence-electron chi connectivity index (χ1n) is 8.08. The quantitative estimate of drug-likeness (QED) is 0.193. The van der Waals surface area contributed by atoms with Crippen LogP contribution in [-0.4, -0.2) is 0 Å². The van der Waals surface area contributed by atoms with Gasteiger partial charge in [-0.25, -0.2) is 0 Å². The third-order valence-corrected chi connectivity index (χ3v) is 8.78. The van der Waals surface area contributed by atoms with E-state index in [1.165, 1.54) is 0 Å². The average molecular weight is 549 g/mol. The van der Waals surface area contributed by atoms with Gasteiger partial charge in [-0.05, 0) is 0 Å². The summed E-state index contributed by atoms with van der Waals surface area (Å²) in [5, 5.41) is 0. The summed E-state index contributed by atoms with van der Waals surface area (Å²) in [4.78, 5) is 0. The zero-order valence-corrected chi connectivity index (χ0v) is 16.7. The van der Waals surface area contributed by atoms with Crippen molar-refractivity contribution in [1.82, 2.24) is 0 Å². The molecule has 0 atom stereocenters. The van der Waals surface area contributed by atoms with E-state index in [1.807, 2.05) is 0 Å². The van der Waals surface area contributed by atoms with Crippen LogP contribution < -0.4 is 11.6 Å². The third kappa shape index (κ3) is 3.56. The molecule has 0 nitrogen and oxygen atoms in total. The standard InChI is InChI=1S/3C6F5.Ti/c3*7-2-1-3(8)5(10)6(11)4(2)9;. The summed E-state index contributed by atoms with van der Waals surface area (Å²) >= 11 is -6.37. The number of hydrogen-bond donors (Lipinski definition) is 0. The number of hydrogen-bond acceptors (Lipinski definition) is 0. The fraction of sp³-hybridized carbons (Fsp3) is 0. The average Bonchev–Trinajstić information content (AvgIpc) is 2.81. The van der Waals surface area contributed by atoms with Crippen LogP contribution in [0.1, 0.15) is 0 Å². The molecule has 0 aliphatic heterocycles. The molecule has 0 aromatic heterocycles. The summed E-state index contributed by atoms with van der Waals surface area (Å²) in [5.74, 6) is -44.5. The van der Waals surface area contributed by atoms with Crippen molar-refractivity contribution in [1.29, 1.82) is 0 Å². The van der Waals surface area contributed by atoms with Crippen LogP contribution in [0.15, 0.2) is 0 Å². The molecule has 0 amide bonds. The molecule has 34 heavy (non-hydrogen) atoms. The second kappa shape index (κ2) is 8.84. The Morgan fingerprint density at radius 3 is 0.471 bits per heavy atom. The predicted molar refractivity (Wildman–Crippen MR) is 77.6 cm³/mol. The van der Waals surface area contributed by atoms with Gasteiger partial charge in [0.1, 0.15) is 0 Å². The Hall–Kier alpha value is -2.68. The molecule has 0 fully saturated rings. The molecule has 0 saturated heterocycles. The Balaban J connectivity index is 2.68. The fourth-order valence-corrected chi connectivity index (χ4v) is 7.10. The fourth-order valence-electron chi connectivity index (χ4n) is 2.85. The van der Waals surface area contributed by atoms with Gasteiger partial charge in [-0.3, -0.25) is 0 Å². The van der Waals surface area contributed by atoms with Crippen LogP contribution in [0.4, 0.5) is 65.9 Å². The second-order valence-electron chi connectivity index (χ2n) is 6.21. The first-order chi connectivity index (χ1) is 15.7. The number of halogens is 15. The molecule has 0 unspecified atom stereocenters. The van der Waals surface area contributed by atoms with Crippen molar-refractivity contribution in [2.75, 3.05) is 0 Å².